The summed E-state index contributed by atoms with van der Waals surface area (Å²) in [5.74, 6) is 1.09. The van der Waals surface area contributed by atoms with Gasteiger partial charge in [0.1, 0.15) is 17.0 Å². The molecule has 4 heterocycles. The fourth-order valence-corrected chi connectivity index (χ4v) is 4.35. The molecule has 202 valence electrons. The summed E-state index contributed by atoms with van der Waals surface area (Å²) in [4.78, 5) is 23.4. The molecule has 0 spiro atoms. The van der Waals surface area contributed by atoms with E-state index in [2.05, 4.69) is 30.3 Å². The standard InChI is InChI=1S/C14H18N4O2.C7H12N2S.C3H8O.C2H6/c1-5-10-12(15)14(19)18(3)13(17-10)9-6-7-11(20-4)16-8(9)2;1-2-5-9(4-1)7-8-3-6-10-7;1-3-4-2;1-2/h6-7H,5,15H2,1-4H3;3,6-8H,1-2,4-5H2;3H2,1-2H3;1-2H3. The highest BCUT2D eigenvalue weighted by atomic mass is 32.2. The lowest BCUT2D eigenvalue weighted by atomic mass is 10.1. The smallest absolute Gasteiger partial charge is 0.276 e. The van der Waals surface area contributed by atoms with Gasteiger partial charge in [-0.2, -0.15) is 0 Å². The van der Waals surface area contributed by atoms with E-state index in [-0.39, 0.29) is 11.2 Å². The summed E-state index contributed by atoms with van der Waals surface area (Å²) in [5, 5.41) is 5.43. The molecule has 36 heavy (non-hydrogen) atoms. The van der Waals surface area contributed by atoms with Crippen LogP contribution in [0, 0.1) is 6.92 Å². The van der Waals surface area contributed by atoms with Gasteiger partial charge >= 0.3 is 0 Å². The topological polar surface area (TPSA) is 108 Å². The van der Waals surface area contributed by atoms with Gasteiger partial charge in [-0.3, -0.25) is 14.3 Å². The highest BCUT2D eigenvalue weighted by Crippen LogP contribution is 2.23. The van der Waals surface area contributed by atoms with Crippen molar-refractivity contribution in [2.24, 2.45) is 7.05 Å². The lowest BCUT2D eigenvalue weighted by Gasteiger charge is -2.22. The highest BCUT2D eigenvalue weighted by molar-refractivity contribution is 8.02. The summed E-state index contributed by atoms with van der Waals surface area (Å²) in [6.45, 7) is 13.1. The second-order valence-corrected chi connectivity index (χ2v) is 8.77. The van der Waals surface area contributed by atoms with Crippen molar-refractivity contribution in [2.75, 3.05) is 39.6 Å². The van der Waals surface area contributed by atoms with Gasteiger partial charge in [-0.25, -0.2) is 9.97 Å². The van der Waals surface area contributed by atoms with Crippen LogP contribution in [0.15, 0.2) is 28.5 Å². The maximum atomic E-state index is 12.1. The summed E-state index contributed by atoms with van der Waals surface area (Å²) in [6, 6.07) is 3.59. The fourth-order valence-electron chi connectivity index (χ4n) is 3.50. The van der Waals surface area contributed by atoms with Crippen LogP contribution in [0.2, 0.25) is 0 Å². The van der Waals surface area contributed by atoms with Crippen LogP contribution in [0.4, 0.5) is 5.69 Å². The van der Waals surface area contributed by atoms with E-state index in [1.54, 1.807) is 27.3 Å². The molecule has 1 fully saturated rings. The number of aromatic nitrogens is 3. The van der Waals surface area contributed by atoms with Gasteiger partial charge in [0.25, 0.3) is 5.56 Å². The summed E-state index contributed by atoms with van der Waals surface area (Å²) in [6.07, 6.45) is 5.39. The molecule has 4 rings (SSSR count). The van der Waals surface area contributed by atoms with Crippen LogP contribution >= 0.6 is 11.8 Å². The van der Waals surface area contributed by atoms with Crippen LogP contribution in [0.25, 0.3) is 11.4 Å². The molecule has 1 saturated heterocycles. The van der Waals surface area contributed by atoms with Crippen LogP contribution in [-0.4, -0.2) is 58.8 Å². The van der Waals surface area contributed by atoms with Gasteiger partial charge in [-0.15, -0.1) is 0 Å². The van der Waals surface area contributed by atoms with Gasteiger partial charge in [-0.1, -0.05) is 32.5 Å². The first kappa shape index (κ1) is 31.5. The Kier molecular flexibility index (Phi) is 14.9. The predicted octanol–water partition coefficient (Wildman–Crippen LogP) is 4.16. The number of nitrogens with zero attached hydrogens (tertiary/aromatic N) is 4. The van der Waals surface area contributed by atoms with Crippen LogP contribution in [0.3, 0.4) is 0 Å². The third-order valence-corrected chi connectivity index (χ3v) is 6.51. The second-order valence-electron chi connectivity index (χ2n) is 7.78. The average molecular weight is 521 g/mol. The summed E-state index contributed by atoms with van der Waals surface area (Å²) in [5.41, 5.74) is 8.46. The number of methoxy groups -OCH3 is 2. The molecule has 3 N–H and O–H groups in total. The van der Waals surface area contributed by atoms with Gasteiger partial charge in [0.2, 0.25) is 5.88 Å². The predicted molar refractivity (Wildman–Crippen MR) is 151 cm³/mol. The second kappa shape index (κ2) is 17.0. The number of aryl methyl sites for hydroxylation is 2. The largest absolute Gasteiger partial charge is 0.481 e. The maximum Gasteiger partial charge on any atom is 0.276 e. The zero-order valence-electron chi connectivity index (χ0n) is 23.1. The van der Waals surface area contributed by atoms with Gasteiger partial charge in [0, 0.05) is 51.7 Å². The number of nitrogen functional groups attached to an aromatic ring is 1. The Hall–Kier alpha value is -2.56. The van der Waals surface area contributed by atoms with E-state index in [0.29, 0.717) is 29.3 Å². The number of ether oxygens (including phenoxy) is 2. The number of nitrogens with one attached hydrogen (secondary N) is 1. The van der Waals surface area contributed by atoms with Crippen LogP contribution < -0.4 is 21.3 Å². The first-order valence-electron chi connectivity index (χ1n) is 12.5. The average Bonchev–Trinajstić information content (AvgIpc) is 3.64. The Morgan fingerprint density at radius 3 is 2.28 bits per heavy atom. The number of anilines is 1. The zero-order valence-corrected chi connectivity index (χ0v) is 23.9. The summed E-state index contributed by atoms with van der Waals surface area (Å²) >= 11 is 1.87. The van der Waals surface area contributed by atoms with Crippen LogP contribution in [0.1, 0.15) is 51.9 Å². The fraction of sp³-hybridized carbons (Fsp3) is 0.577. The number of pyridine rings is 1. The Morgan fingerprint density at radius 2 is 1.81 bits per heavy atom. The third-order valence-electron chi connectivity index (χ3n) is 5.52. The molecule has 2 aromatic heterocycles. The zero-order chi connectivity index (χ0) is 27.1. The van der Waals surface area contributed by atoms with E-state index < -0.39 is 0 Å². The quantitative estimate of drug-likeness (QED) is 0.601. The lowest BCUT2D eigenvalue weighted by molar-refractivity contribution is 0.215. The van der Waals surface area contributed by atoms with E-state index in [4.69, 9.17) is 10.5 Å². The van der Waals surface area contributed by atoms with Crippen LogP contribution in [-0.2, 0) is 18.2 Å². The molecule has 0 amide bonds. The maximum absolute atomic E-state index is 12.1. The van der Waals surface area contributed by atoms with E-state index in [1.807, 2.05) is 58.6 Å². The molecule has 9 nitrogen and oxygen atoms in total. The number of likely N-dealkylation sites (tertiary alicyclic amines) is 1. The molecule has 0 saturated carbocycles. The van der Waals surface area contributed by atoms with Crippen LogP contribution in [0.5, 0.6) is 5.88 Å². The lowest BCUT2D eigenvalue weighted by Crippen LogP contribution is -2.36. The number of thioether (sulfide) groups is 1. The van der Waals surface area contributed by atoms with Crippen molar-refractivity contribution >= 4 is 17.4 Å². The van der Waals surface area contributed by atoms with Crippen molar-refractivity contribution in [1.29, 1.82) is 0 Å². The Balaban J connectivity index is 0.000000335. The van der Waals surface area contributed by atoms with E-state index in [9.17, 15) is 4.79 Å². The molecule has 0 aromatic carbocycles. The Labute approximate surface area is 220 Å². The molecular formula is C26H44N6O3S. The number of rotatable bonds is 5. The minimum atomic E-state index is -0.234. The summed E-state index contributed by atoms with van der Waals surface area (Å²) < 4.78 is 11.1. The Morgan fingerprint density at radius 1 is 1.17 bits per heavy atom. The molecule has 0 radical (unpaired) electrons. The minimum absolute atomic E-state index is 0.206. The van der Waals surface area contributed by atoms with E-state index >= 15 is 0 Å². The molecule has 10 heteroatoms. The summed E-state index contributed by atoms with van der Waals surface area (Å²) in [7, 11) is 4.90. The van der Waals surface area contributed by atoms with Crippen molar-refractivity contribution in [3.8, 4) is 17.3 Å². The first-order chi connectivity index (χ1) is 17.4. The first-order valence-corrected chi connectivity index (χ1v) is 13.5. The van der Waals surface area contributed by atoms with Crippen molar-refractivity contribution in [3.05, 3.63) is 45.5 Å². The highest BCUT2D eigenvalue weighted by Gasteiger charge is 2.22. The van der Waals surface area contributed by atoms with Gasteiger partial charge < -0.3 is 20.5 Å². The number of nitrogens with two attached hydrogens (primary N) is 1. The molecule has 2 aliphatic heterocycles. The van der Waals surface area contributed by atoms with Crippen molar-refractivity contribution in [3.63, 3.8) is 0 Å². The monoisotopic (exact) mass is 520 g/mol. The van der Waals surface area contributed by atoms with E-state index in [1.165, 1.54) is 30.5 Å². The minimum Gasteiger partial charge on any atom is -0.481 e. The van der Waals surface area contributed by atoms with Crippen molar-refractivity contribution in [1.82, 2.24) is 24.8 Å². The van der Waals surface area contributed by atoms with Gasteiger partial charge in [0.15, 0.2) is 0 Å². The SMILES string of the molecule is C1=CSC(N2CCCC2)N1.CC.CCOC.CCc1nc(-c2ccc(OC)nc2C)n(C)c(=O)c1N. The molecule has 1 unspecified atom stereocenters. The van der Waals surface area contributed by atoms with Crippen molar-refractivity contribution < 1.29 is 9.47 Å². The van der Waals surface area contributed by atoms with Gasteiger partial charge in [-0.05, 0) is 44.6 Å². The molecule has 0 aliphatic carbocycles. The number of hydrogen-bond donors (Lipinski definition) is 2. The normalized spacial score (nSPS) is 16.1. The number of hydrogen-bond acceptors (Lipinski definition) is 9. The molecular weight excluding hydrogens is 476 g/mol. The molecule has 1 atom stereocenters. The Bertz CT molecular complexity index is 996. The molecule has 0 bridgehead atoms. The molecule has 2 aliphatic rings. The van der Waals surface area contributed by atoms with Gasteiger partial charge in [0.05, 0.1) is 18.5 Å². The molecule has 2 aromatic rings. The van der Waals surface area contributed by atoms with Crippen molar-refractivity contribution in [2.45, 2.75) is 59.4 Å². The third kappa shape index (κ3) is 8.83. The van der Waals surface area contributed by atoms with E-state index in [0.717, 1.165) is 17.9 Å².